The highest BCUT2D eigenvalue weighted by Crippen LogP contribution is 2.48. The number of nitrogens with zero attached hydrogens (tertiary/aromatic N) is 2. The zero-order chi connectivity index (χ0) is 23.7. The summed E-state index contributed by atoms with van der Waals surface area (Å²) in [5.74, 6) is -1.23. The van der Waals surface area contributed by atoms with Crippen molar-refractivity contribution >= 4 is 11.7 Å². The number of hydrogen-bond donors (Lipinski definition) is 1. The highest BCUT2D eigenvalue weighted by atomic mass is 19.3. The molecular weight excluding hydrogens is 440 g/mol. The molecule has 2 aliphatic carbocycles. The van der Waals surface area contributed by atoms with Gasteiger partial charge in [-0.15, -0.1) is 0 Å². The van der Waals surface area contributed by atoms with Crippen molar-refractivity contribution in [3.05, 3.63) is 48.2 Å². The van der Waals surface area contributed by atoms with Gasteiger partial charge < -0.3 is 19.7 Å². The van der Waals surface area contributed by atoms with Crippen molar-refractivity contribution < 1.29 is 23.0 Å². The normalized spacial score (nSPS) is 24.3. The fourth-order valence-corrected chi connectivity index (χ4v) is 4.38. The molecule has 6 nitrogen and oxygen atoms in total. The summed E-state index contributed by atoms with van der Waals surface area (Å²) >= 11 is 0. The predicted molar refractivity (Wildman–Crippen MR) is 125 cm³/mol. The van der Waals surface area contributed by atoms with Gasteiger partial charge in [0, 0.05) is 25.4 Å². The number of amides is 1. The summed E-state index contributed by atoms with van der Waals surface area (Å²) in [7, 11) is 0. The molecule has 1 amide bonds. The van der Waals surface area contributed by atoms with Gasteiger partial charge in [-0.3, -0.25) is 4.79 Å². The van der Waals surface area contributed by atoms with Gasteiger partial charge in [-0.1, -0.05) is 12.1 Å². The summed E-state index contributed by atoms with van der Waals surface area (Å²) in [5, 5.41) is 3.11. The van der Waals surface area contributed by atoms with Crippen LogP contribution in [0.25, 0.3) is 0 Å². The lowest BCUT2D eigenvalue weighted by Gasteiger charge is -2.28. The Morgan fingerprint density at radius 3 is 2.53 bits per heavy atom. The Morgan fingerprint density at radius 2 is 1.91 bits per heavy atom. The van der Waals surface area contributed by atoms with E-state index in [1.54, 1.807) is 12.3 Å². The van der Waals surface area contributed by atoms with Gasteiger partial charge in [0.05, 0.1) is 31.2 Å². The third-order valence-electron chi connectivity index (χ3n) is 7.12. The average molecular weight is 472 g/mol. The third-order valence-corrected chi connectivity index (χ3v) is 7.12. The summed E-state index contributed by atoms with van der Waals surface area (Å²) in [6.07, 6.45) is 5.77. The second-order valence-electron chi connectivity index (χ2n) is 9.73. The molecule has 3 fully saturated rings. The molecule has 2 saturated carbocycles. The average Bonchev–Trinajstić information content (AvgIpc) is 3.18. The Balaban J connectivity index is 1.09. The van der Waals surface area contributed by atoms with Gasteiger partial charge in [0.2, 0.25) is 5.91 Å². The van der Waals surface area contributed by atoms with E-state index in [4.69, 9.17) is 9.47 Å². The van der Waals surface area contributed by atoms with Crippen LogP contribution in [0, 0.1) is 5.92 Å². The van der Waals surface area contributed by atoms with Crippen LogP contribution < -0.4 is 19.7 Å². The number of nitrogens with one attached hydrogen (secondary N) is 1. The number of aromatic nitrogens is 1. The maximum Gasteiger partial charge on any atom is 0.255 e. The highest BCUT2D eigenvalue weighted by molar-refractivity contribution is 5.83. The van der Waals surface area contributed by atoms with Gasteiger partial charge in [-0.25, -0.2) is 13.8 Å². The molecule has 1 saturated heterocycles. The number of pyridine rings is 1. The van der Waals surface area contributed by atoms with Crippen molar-refractivity contribution in [2.75, 3.05) is 24.6 Å². The van der Waals surface area contributed by atoms with Crippen molar-refractivity contribution in [2.24, 2.45) is 5.92 Å². The summed E-state index contributed by atoms with van der Waals surface area (Å²) in [6.45, 7) is 3.49. The number of carbonyl (C=O) groups is 1. The summed E-state index contributed by atoms with van der Waals surface area (Å²) in [4.78, 5) is 19.0. The first-order valence-electron chi connectivity index (χ1n) is 12.2. The first kappa shape index (κ1) is 22.9. The summed E-state index contributed by atoms with van der Waals surface area (Å²) in [5.41, 5.74) is 0.981. The molecule has 0 radical (unpaired) electrons. The van der Waals surface area contributed by atoms with Gasteiger partial charge in [0.15, 0.2) is 0 Å². The minimum atomic E-state index is -2.57. The lowest BCUT2D eigenvalue weighted by molar-refractivity contribution is -0.123. The molecule has 1 N–H and O–H groups in total. The molecule has 2 unspecified atom stereocenters. The molecule has 1 aromatic carbocycles. The number of hydrogen-bond acceptors (Lipinski definition) is 5. The first-order valence-corrected chi connectivity index (χ1v) is 12.2. The quantitative estimate of drug-likeness (QED) is 0.582. The maximum atomic E-state index is 13.0. The summed E-state index contributed by atoms with van der Waals surface area (Å²) < 4.78 is 37.5. The van der Waals surface area contributed by atoms with Crippen molar-refractivity contribution in [3.8, 4) is 11.5 Å². The summed E-state index contributed by atoms with van der Waals surface area (Å²) in [6, 6.07) is 11.8. The molecule has 1 aromatic heterocycles. The zero-order valence-electron chi connectivity index (χ0n) is 19.4. The standard InChI is InChI=1S/C26H31F2N3O3/c1-17(25(32)30-20-3-2-4-20)18-5-7-21(8-6-18)34-23-11-12-31(15-23)24-10-9-22(14-29-24)33-16-19-13-26(19,27)28/h5-10,14,17,19-20,23H,2-4,11-13,15-16H2,1H3,(H,30,32)/t17?,19?,23-/m1/s1. The number of benzene rings is 1. The molecule has 0 spiro atoms. The van der Waals surface area contributed by atoms with Gasteiger partial charge in [0.25, 0.3) is 5.92 Å². The Hall–Kier alpha value is -2.90. The van der Waals surface area contributed by atoms with E-state index < -0.39 is 11.8 Å². The Morgan fingerprint density at radius 1 is 1.18 bits per heavy atom. The lowest BCUT2D eigenvalue weighted by Crippen LogP contribution is -2.41. The number of ether oxygens (including phenoxy) is 2. The number of anilines is 1. The van der Waals surface area contributed by atoms with Gasteiger partial charge in [-0.05, 0) is 56.0 Å². The predicted octanol–water partition coefficient (Wildman–Crippen LogP) is 4.55. The van der Waals surface area contributed by atoms with Crippen LogP contribution in [0.5, 0.6) is 11.5 Å². The fraction of sp³-hybridized carbons (Fsp3) is 0.538. The molecule has 3 atom stereocenters. The second-order valence-corrected chi connectivity index (χ2v) is 9.73. The van der Waals surface area contributed by atoms with Crippen LogP contribution in [0.2, 0.25) is 0 Å². The molecule has 3 aliphatic rings. The van der Waals surface area contributed by atoms with Crippen LogP contribution >= 0.6 is 0 Å². The van der Waals surface area contributed by atoms with E-state index in [1.807, 2.05) is 37.3 Å². The van der Waals surface area contributed by atoms with E-state index in [0.717, 1.165) is 42.9 Å². The van der Waals surface area contributed by atoms with Crippen LogP contribution in [-0.4, -0.2) is 48.7 Å². The molecule has 1 aliphatic heterocycles. The number of rotatable bonds is 9. The van der Waals surface area contributed by atoms with Crippen molar-refractivity contribution in [2.45, 2.75) is 63.0 Å². The van der Waals surface area contributed by atoms with Crippen LogP contribution in [0.4, 0.5) is 14.6 Å². The molecule has 34 heavy (non-hydrogen) atoms. The molecule has 8 heteroatoms. The monoisotopic (exact) mass is 471 g/mol. The Kier molecular flexibility index (Phi) is 6.32. The van der Waals surface area contributed by atoms with Gasteiger partial charge in [-0.2, -0.15) is 0 Å². The Bertz CT molecular complexity index is 995. The van der Waals surface area contributed by atoms with Crippen molar-refractivity contribution in [1.29, 1.82) is 0 Å². The van der Waals surface area contributed by atoms with Crippen LogP contribution in [0.1, 0.15) is 50.5 Å². The Labute approximate surface area is 198 Å². The SMILES string of the molecule is CC(C(=O)NC1CCC1)c1ccc(O[C@@H]2CCN(c3ccc(OCC4CC4(F)F)cn3)C2)cc1. The minimum Gasteiger partial charge on any atom is -0.491 e. The molecule has 182 valence electrons. The smallest absolute Gasteiger partial charge is 0.255 e. The zero-order valence-corrected chi connectivity index (χ0v) is 19.4. The second kappa shape index (κ2) is 9.39. The molecule has 0 bridgehead atoms. The van der Waals surface area contributed by atoms with Gasteiger partial charge >= 0.3 is 0 Å². The van der Waals surface area contributed by atoms with E-state index in [1.165, 1.54) is 6.42 Å². The third kappa shape index (κ3) is 5.26. The molecule has 2 aromatic rings. The largest absolute Gasteiger partial charge is 0.491 e. The molecule has 2 heterocycles. The van der Waals surface area contributed by atoms with E-state index in [-0.39, 0.29) is 31.0 Å². The number of carbonyl (C=O) groups excluding carboxylic acids is 1. The van der Waals surface area contributed by atoms with Crippen LogP contribution in [0.3, 0.4) is 0 Å². The topological polar surface area (TPSA) is 63.7 Å². The van der Waals surface area contributed by atoms with Crippen LogP contribution in [0.15, 0.2) is 42.6 Å². The minimum absolute atomic E-state index is 0.0242. The lowest BCUT2D eigenvalue weighted by atomic mass is 9.91. The molecular formula is C26H31F2N3O3. The van der Waals surface area contributed by atoms with E-state index in [0.29, 0.717) is 18.3 Å². The van der Waals surface area contributed by atoms with E-state index in [2.05, 4.69) is 15.2 Å². The number of halogens is 2. The fourth-order valence-electron chi connectivity index (χ4n) is 4.38. The maximum absolute atomic E-state index is 13.0. The van der Waals surface area contributed by atoms with Crippen molar-refractivity contribution in [3.63, 3.8) is 0 Å². The highest BCUT2D eigenvalue weighted by Gasteiger charge is 2.57. The van der Waals surface area contributed by atoms with Crippen LogP contribution in [-0.2, 0) is 4.79 Å². The molecule has 5 rings (SSSR count). The van der Waals surface area contributed by atoms with Crippen molar-refractivity contribution in [1.82, 2.24) is 10.3 Å². The van der Waals surface area contributed by atoms with E-state index in [9.17, 15) is 13.6 Å². The van der Waals surface area contributed by atoms with Gasteiger partial charge in [0.1, 0.15) is 23.4 Å². The van der Waals surface area contributed by atoms with E-state index >= 15 is 0 Å². The first-order chi connectivity index (χ1) is 16.4. The number of alkyl halides is 2.